The van der Waals surface area contributed by atoms with E-state index >= 15 is 0 Å². The van der Waals surface area contributed by atoms with Crippen molar-refractivity contribution in [3.8, 4) is 11.5 Å². The number of nitrogens with one attached hydrogen (secondary N) is 1. The van der Waals surface area contributed by atoms with Gasteiger partial charge in [-0.2, -0.15) is 5.10 Å². The van der Waals surface area contributed by atoms with Crippen LogP contribution in [0.2, 0.25) is 5.02 Å². The van der Waals surface area contributed by atoms with E-state index in [1.54, 1.807) is 0 Å². The van der Waals surface area contributed by atoms with Crippen molar-refractivity contribution in [2.24, 2.45) is 7.05 Å². The van der Waals surface area contributed by atoms with Crippen molar-refractivity contribution in [2.75, 3.05) is 6.79 Å². The maximum atomic E-state index is 6.34. The van der Waals surface area contributed by atoms with Crippen LogP contribution in [-0.2, 0) is 26.6 Å². The lowest BCUT2D eigenvalue weighted by Crippen LogP contribution is -2.16. The minimum atomic E-state index is 0.291. The van der Waals surface area contributed by atoms with E-state index in [9.17, 15) is 0 Å². The van der Waals surface area contributed by atoms with Crippen molar-refractivity contribution in [3.63, 3.8) is 0 Å². The number of fused-ring (bicyclic) bond motifs is 1. The molecule has 0 saturated carbocycles. The van der Waals surface area contributed by atoms with Crippen molar-refractivity contribution in [3.05, 3.63) is 40.2 Å². The lowest BCUT2D eigenvalue weighted by molar-refractivity contribution is 0.173. The first-order valence-corrected chi connectivity index (χ1v) is 7.37. The Morgan fingerprint density at radius 2 is 2.19 bits per heavy atom. The second-order valence-corrected chi connectivity index (χ2v) is 5.32. The molecule has 0 amide bonds. The van der Waals surface area contributed by atoms with Gasteiger partial charge in [-0.05, 0) is 12.5 Å². The molecule has 0 radical (unpaired) electrons. The van der Waals surface area contributed by atoms with Gasteiger partial charge in [0.1, 0.15) is 0 Å². The average molecular weight is 308 g/mol. The van der Waals surface area contributed by atoms with Gasteiger partial charge in [0.2, 0.25) is 6.79 Å². The molecule has 0 spiro atoms. The largest absolute Gasteiger partial charge is 0.454 e. The highest BCUT2D eigenvalue weighted by atomic mass is 35.5. The van der Waals surface area contributed by atoms with Crippen molar-refractivity contribution in [1.29, 1.82) is 0 Å². The molecule has 2 aromatic rings. The van der Waals surface area contributed by atoms with E-state index in [4.69, 9.17) is 21.1 Å². The molecule has 1 aliphatic rings. The predicted molar refractivity (Wildman–Crippen MR) is 80.7 cm³/mol. The zero-order valence-electron chi connectivity index (χ0n) is 12.1. The van der Waals surface area contributed by atoms with Crippen molar-refractivity contribution in [2.45, 2.75) is 26.4 Å². The van der Waals surface area contributed by atoms with Crippen LogP contribution >= 0.6 is 11.6 Å². The summed E-state index contributed by atoms with van der Waals surface area (Å²) in [5.41, 5.74) is 3.02. The molecule has 112 valence electrons. The molecule has 0 saturated heterocycles. The Balaban J connectivity index is 1.67. The van der Waals surface area contributed by atoms with Crippen molar-refractivity contribution >= 4 is 11.6 Å². The third-order valence-corrected chi connectivity index (χ3v) is 4.03. The molecule has 21 heavy (non-hydrogen) atoms. The summed E-state index contributed by atoms with van der Waals surface area (Å²) in [5.74, 6) is 1.64. The Morgan fingerprint density at radius 3 is 2.95 bits per heavy atom. The maximum absolute atomic E-state index is 6.34. The Morgan fingerprint density at radius 1 is 1.33 bits per heavy atom. The van der Waals surface area contributed by atoms with Crippen LogP contribution in [0.25, 0.3) is 0 Å². The Kier molecular flexibility index (Phi) is 4.03. The normalized spacial score (nSPS) is 12.9. The van der Waals surface area contributed by atoms with Crippen LogP contribution in [0, 0.1) is 0 Å². The standard InChI is InChI=1S/C15H18ClN3O2/c1-3-11-14(16)12(19(2)18-11)8-17-7-10-5-4-6-13-15(10)21-9-20-13/h4-6,17H,3,7-9H2,1-2H3. The lowest BCUT2D eigenvalue weighted by Gasteiger charge is -2.08. The first-order valence-electron chi connectivity index (χ1n) is 6.99. The van der Waals surface area contributed by atoms with Gasteiger partial charge in [-0.15, -0.1) is 0 Å². The zero-order valence-corrected chi connectivity index (χ0v) is 12.9. The van der Waals surface area contributed by atoms with E-state index in [1.165, 1.54) is 0 Å². The Bertz CT molecular complexity index is 655. The van der Waals surface area contributed by atoms with Gasteiger partial charge in [-0.1, -0.05) is 30.7 Å². The average Bonchev–Trinajstić information content (AvgIpc) is 3.06. The molecule has 2 heterocycles. The van der Waals surface area contributed by atoms with Gasteiger partial charge in [-0.3, -0.25) is 4.68 Å². The number of rotatable bonds is 5. The van der Waals surface area contributed by atoms with Crippen molar-refractivity contribution in [1.82, 2.24) is 15.1 Å². The quantitative estimate of drug-likeness (QED) is 0.922. The third kappa shape index (κ3) is 2.71. The predicted octanol–water partition coefficient (Wildman–Crippen LogP) is 2.65. The minimum Gasteiger partial charge on any atom is -0.454 e. The highest BCUT2D eigenvalue weighted by molar-refractivity contribution is 6.31. The second-order valence-electron chi connectivity index (χ2n) is 4.94. The summed E-state index contributed by atoms with van der Waals surface area (Å²) < 4.78 is 12.7. The summed E-state index contributed by atoms with van der Waals surface area (Å²) in [6, 6.07) is 5.91. The summed E-state index contributed by atoms with van der Waals surface area (Å²) >= 11 is 6.34. The molecule has 0 atom stereocenters. The van der Waals surface area contributed by atoms with E-state index in [2.05, 4.69) is 17.3 Å². The van der Waals surface area contributed by atoms with Crippen LogP contribution < -0.4 is 14.8 Å². The molecule has 5 nitrogen and oxygen atoms in total. The van der Waals surface area contributed by atoms with E-state index in [1.807, 2.05) is 29.9 Å². The summed E-state index contributed by atoms with van der Waals surface area (Å²) in [7, 11) is 1.92. The third-order valence-electron chi connectivity index (χ3n) is 3.59. The van der Waals surface area contributed by atoms with Crippen molar-refractivity contribution < 1.29 is 9.47 Å². The second kappa shape index (κ2) is 5.95. The molecule has 1 N–H and O–H groups in total. The van der Waals surface area contributed by atoms with Crippen LogP contribution in [0.15, 0.2) is 18.2 Å². The van der Waals surface area contributed by atoms with Crippen LogP contribution in [-0.4, -0.2) is 16.6 Å². The molecule has 0 unspecified atom stereocenters. The van der Waals surface area contributed by atoms with Crippen LogP contribution in [0.5, 0.6) is 11.5 Å². The van der Waals surface area contributed by atoms with Crippen LogP contribution in [0.4, 0.5) is 0 Å². The van der Waals surface area contributed by atoms with Gasteiger partial charge in [0, 0.05) is 25.7 Å². The molecule has 1 aliphatic heterocycles. The number of ether oxygens (including phenoxy) is 2. The number of aryl methyl sites for hydroxylation is 2. The number of hydrogen-bond donors (Lipinski definition) is 1. The number of para-hydroxylation sites is 1. The lowest BCUT2D eigenvalue weighted by atomic mass is 10.2. The van der Waals surface area contributed by atoms with Gasteiger partial charge >= 0.3 is 0 Å². The number of halogens is 1. The molecule has 3 rings (SSSR count). The molecule has 0 bridgehead atoms. The molecule has 1 aromatic carbocycles. The van der Waals surface area contributed by atoms with Crippen LogP contribution in [0.1, 0.15) is 23.9 Å². The van der Waals surface area contributed by atoms with Gasteiger partial charge in [0.15, 0.2) is 11.5 Å². The SMILES string of the molecule is CCc1nn(C)c(CNCc2cccc3c2OCO3)c1Cl. The first kappa shape index (κ1) is 14.2. The van der Waals surface area contributed by atoms with Gasteiger partial charge in [-0.25, -0.2) is 0 Å². The van der Waals surface area contributed by atoms with E-state index < -0.39 is 0 Å². The smallest absolute Gasteiger partial charge is 0.231 e. The number of nitrogens with zero attached hydrogens (tertiary/aromatic N) is 2. The molecular weight excluding hydrogens is 290 g/mol. The van der Waals surface area contributed by atoms with Gasteiger partial charge in [0.25, 0.3) is 0 Å². The highest BCUT2D eigenvalue weighted by Gasteiger charge is 2.17. The monoisotopic (exact) mass is 307 g/mol. The van der Waals surface area contributed by atoms with Gasteiger partial charge in [0.05, 0.1) is 16.4 Å². The summed E-state index contributed by atoms with van der Waals surface area (Å²) in [6.07, 6.45) is 0.837. The highest BCUT2D eigenvalue weighted by Crippen LogP contribution is 2.35. The van der Waals surface area contributed by atoms with E-state index in [0.29, 0.717) is 19.9 Å². The summed E-state index contributed by atoms with van der Waals surface area (Å²) in [5, 5.41) is 8.55. The zero-order chi connectivity index (χ0) is 14.8. The molecule has 0 aliphatic carbocycles. The van der Waals surface area contributed by atoms with E-state index in [-0.39, 0.29) is 0 Å². The minimum absolute atomic E-state index is 0.291. The topological polar surface area (TPSA) is 48.3 Å². The summed E-state index contributed by atoms with van der Waals surface area (Å²) in [4.78, 5) is 0. The fraction of sp³-hybridized carbons (Fsp3) is 0.400. The Hall–Kier alpha value is -1.72. The summed E-state index contributed by atoms with van der Waals surface area (Å²) in [6.45, 7) is 3.69. The molecule has 0 fully saturated rings. The fourth-order valence-corrected chi connectivity index (χ4v) is 2.82. The van der Waals surface area contributed by atoms with Gasteiger partial charge < -0.3 is 14.8 Å². The molecule has 6 heteroatoms. The van der Waals surface area contributed by atoms with E-state index in [0.717, 1.165) is 39.9 Å². The Labute approximate surface area is 128 Å². The maximum Gasteiger partial charge on any atom is 0.231 e. The van der Waals surface area contributed by atoms with Crippen LogP contribution in [0.3, 0.4) is 0 Å². The fourth-order valence-electron chi connectivity index (χ4n) is 2.46. The molecular formula is C15H18ClN3O2. The number of aromatic nitrogens is 2. The number of benzene rings is 1. The number of hydrogen-bond acceptors (Lipinski definition) is 4. The molecule has 1 aromatic heterocycles. The first-order chi connectivity index (χ1) is 10.2.